The molecule has 0 saturated heterocycles. The quantitative estimate of drug-likeness (QED) is 0.270. The maximum Gasteiger partial charge on any atom is 0.176 e. The average Bonchev–Trinajstić information content (AvgIpc) is 2.73. The number of aromatic nitrogens is 2. The van der Waals surface area contributed by atoms with E-state index in [0.29, 0.717) is 5.82 Å². The van der Waals surface area contributed by atoms with Gasteiger partial charge in [0.05, 0.1) is 12.4 Å². The van der Waals surface area contributed by atoms with Crippen LogP contribution in [0.4, 0.5) is 5.82 Å². The predicted octanol–water partition coefficient (Wildman–Crippen LogP) is 5.38. The van der Waals surface area contributed by atoms with E-state index in [0.717, 1.165) is 16.3 Å². The molecule has 0 saturated carbocycles. The van der Waals surface area contributed by atoms with Crippen LogP contribution in [0.15, 0.2) is 90.2 Å². The molecule has 4 aromatic carbocycles. The van der Waals surface area contributed by atoms with Crippen LogP contribution in [0.5, 0.6) is 0 Å². The lowest BCUT2D eigenvalue weighted by molar-refractivity contribution is 1.04. The van der Waals surface area contributed by atoms with Crippen molar-refractivity contribution in [2.75, 3.05) is 5.43 Å². The summed E-state index contributed by atoms with van der Waals surface area (Å²) in [7, 11) is 0. The zero-order chi connectivity index (χ0) is 18.1. The molecule has 0 aliphatic rings. The van der Waals surface area contributed by atoms with Gasteiger partial charge in [-0.05, 0) is 27.6 Å². The Balaban J connectivity index is 1.61. The molecule has 1 aromatic heterocycles. The van der Waals surface area contributed by atoms with Crippen molar-refractivity contribution in [2.24, 2.45) is 5.10 Å². The molecule has 27 heavy (non-hydrogen) atoms. The van der Waals surface area contributed by atoms with E-state index in [9.17, 15) is 0 Å². The lowest BCUT2D eigenvalue weighted by Crippen LogP contribution is -1.97. The SMILES string of the molecule is C(=N\Nc1nncc2ccccc12)/c1c2ccccc2cc2ccccc12. The van der Waals surface area contributed by atoms with Crippen molar-refractivity contribution in [1.82, 2.24) is 10.2 Å². The van der Waals surface area contributed by atoms with E-state index >= 15 is 0 Å². The van der Waals surface area contributed by atoms with Gasteiger partial charge in [-0.25, -0.2) is 0 Å². The number of benzene rings is 4. The highest BCUT2D eigenvalue weighted by Gasteiger charge is 2.06. The lowest BCUT2D eigenvalue weighted by Gasteiger charge is -2.08. The second-order valence-corrected chi connectivity index (χ2v) is 6.38. The summed E-state index contributed by atoms with van der Waals surface area (Å²) in [4.78, 5) is 0. The summed E-state index contributed by atoms with van der Waals surface area (Å²) in [6, 6.07) is 26.9. The van der Waals surface area contributed by atoms with E-state index in [-0.39, 0.29) is 0 Å². The molecule has 1 N–H and O–H groups in total. The van der Waals surface area contributed by atoms with Gasteiger partial charge in [-0.1, -0.05) is 72.8 Å². The molecular weight excluding hydrogens is 332 g/mol. The standard InChI is InChI=1S/C23H16N4/c1-4-10-19-16(7-1)13-17-8-2-5-11-20(17)22(19)15-25-27-23-21-12-6-3-9-18(21)14-24-26-23/h1-15H,(H,26,27)/b25-15+. The first-order valence-corrected chi connectivity index (χ1v) is 8.80. The number of hydrogen-bond acceptors (Lipinski definition) is 4. The molecule has 0 spiro atoms. The van der Waals surface area contributed by atoms with Gasteiger partial charge in [0.1, 0.15) is 0 Å². The zero-order valence-corrected chi connectivity index (χ0v) is 14.5. The predicted molar refractivity (Wildman–Crippen MR) is 112 cm³/mol. The molecule has 0 amide bonds. The first kappa shape index (κ1) is 15.5. The van der Waals surface area contributed by atoms with Gasteiger partial charge in [0.25, 0.3) is 0 Å². The molecule has 0 bridgehead atoms. The molecule has 0 fully saturated rings. The zero-order valence-electron chi connectivity index (χ0n) is 14.5. The van der Waals surface area contributed by atoms with Gasteiger partial charge in [-0.15, -0.1) is 5.10 Å². The minimum atomic E-state index is 0.647. The van der Waals surface area contributed by atoms with Crippen LogP contribution in [0.2, 0.25) is 0 Å². The highest BCUT2D eigenvalue weighted by Crippen LogP contribution is 2.27. The highest BCUT2D eigenvalue weighted by molar-refractivity contribution is 6.13. The third-order valence-electron chi connectivity index (χ3n) is 4.75. The Kier molecular flexibility index (Phi) is 3.72. The van der Waals surface area contributed by atoms with Crippen molar-refractivity contribution in [3.63, 3.8) is 0 Å². The van der Waals surface area contributed by atoms with Crippen LogP contribution in [0, 0.1) is 0 Å². The summed E-state index contributed by atoms with van der Waals surface area (Å²) in [5.74, 6) is 0.647. The molecule has 0 aliphatic carbocycles. The summed E-state index contributed by atoms with van der Waals surface area (Å²) in [5, 5.41) is 19.5. The maximum atomic E-state index is 4.48. The minimum Gasteiger partial charge on any atom is -0.259 e. The van der Waals surface area contributed by atoms with Gasteiger partial charge < -0.3 is 0 Å². The summed E-state index contributed by atoms with van der Waals surface area (Å²) < 4.78 is 0. The molecule has 1 heterocycles. The number of rotatable bonds is 3. The number of anilines is 1. The summed E-state index contributed by atoms with van der Waals surface area (Å²) in [5.41, 5.74) is 4.15. The van der Waals surface area contributed by atoms with Crippen molar-refractivity contribution < 1.29 is 0 Å². The highest BCUT2D eigenvalue weighted by atomic mass is 15.3. The van der Waals surface area contributed by atoms with E-state index in [1.54, 1.807) is 6.20 Å². The van der Waals surface area contributed by atoms with E-state index in [4.69, 9.17) is 0 Å². The first-order valence-electron chi connectivity index (χ1n) is 8.80. The second-order valence-electron chi connectivity index (χ2n) is 6.38. The van der Waals surface area contributed by atoms with Gasteiger partial charge in [0.15, 0.2) is 5.82 Å². The van der Waals surface area contributed by atoms with Gasteiger partial charge in [0.2, 0.25) is 0 Å². The topological polar surface area (TPSA) is 50.2 Å². The molecular formula is C23H16N4. The average molecular weight is 348 g/mol. The Hall–Kier alpha value is -3.79. The fraction of sp³-hybridized carbons (Fsp3) is 0. The molecule has 5 rings (SSSR count). The van der Waals surface area contributed by atoms with Crippen molar-refractivity contribution in [3.05, 3.63) is 90.6 Å². The van der Waals surface area contributed by atoms with Gasteiger partial charge in [-0.2, -0.15) is 10.2 Å². The molecule has 4 nitrogen and oxygen atoms in total. The molecule has 0 atom stereocenters. The Bertz CT molecular complexity index is 1250. The molecule has 128 valence electrons. The van der Waals surface area contributed by atoms with E-state index in [1.807, 2.05) is 30.5 Å². The third kappa shape index (κ3) is 2.77. The van der Waals surface area contributed by atoms with Gasteiger partial charge in [-0.3, -0.25) is 5.43 Å². The minimum absolute atomic E-state index is 0.647. The monoisotopic (exact) mass is 348 g/mol. The van der Waals surface area contributed by atoms with Crippen LogP contribution in [0.3, 0.4) is 0 Å². The Labute approximate surface area is 156 Å². The molecule has 0 radical (unpaired) electrons. The first-order chi connectivity index (χ1) is 13.4. The lowest BCUT2D eigenvalue weighted by atomic mass is 9.97. The molecule has 0 unspecified atom stereocenters. The van der Waals surface area contributed by atoms with E-state index in [1.165, 1.54) is 21.5 Å². The fourth-order valence-electron chi connectivity index (χ4n) is 3.46. The van der Waals surface area contributed by atoms with Gasteiger partial charge in [0, 0.05) is 16.3 Å². The Morgan fingerprint density at radius 3 is 2.00 bits per heavy atom. The van der Waals surface area contributed by atoms with Crippen LogP contribution in [-0.2, 0) is 0 Å². The van der Waals surface area contributed by atoms with E-state index < -0.39 is 0 Å². The summed E-state index contributed by atoms with van der Waals surface area (Å²) >= 11 is 0. The third-order valence-corrected chi connectivity index (χ3v) is 4.75. The maximum absolute atomic E-state index is 4.48. The van der Waals surface area contributed by atoms with Gasteiger partial charge >= 0.3 is 0 Å². The van der Waals surface area contributed by atoms with E-state index in [2.05, 4.69) is 75.3 Å². The second kappa shape index (κ2) is 6.50. The van der Waals surface area contributed by atoms with Crippen molar-refractivity contribution >= 4 is 44.3 Å². The van der Waals surface area contributed by atoms with Crippen molar-refractivity contribution in [1.29, 1.82) is 0 Å². The van der Waals surface area contributed by atoms with Crippen LogP contribution in [0.1, 0.15) is 5.56 Å². The van der Waals surface area contributed by atoms with Crippen molar-refractivity contribution in [3.8, 4) is 0 Å². The number of hydrazone groups is 1. The van der Waals surface area contributed by atoms with Crippen molar-refractivity contribution in [2.45, 2.75) is 0 Å². The molecule has 4 heteroatoms. The Morgan fingerprint density at radius 2 is 1.30 bits per heavy atom. The van der Waals surface area contributed by atoms with Crippen LogP contribution >= 0.6 is 0 Å². The fourth-order valence-corrected chi connectivity index (χ4v) is 3.46. The number of hydrogen-bond donors (Lipinski definition) is 1. The summed E-state index contributed by atoms with van der Waals surface area (Å²) in [6.07, 6.45) is 3.62. The van der Waals surface area contributed by atoms with Crippen LogP contribution in [0.25, 0.3) is 32.3 Å². The van der Waals surface area contributed by atoms with Crippen LogP contribution in [-0.4, -0.2) is 16.4 Å². The number of fused-ring (bicyclic) bond motifs is 3. The summed E-state index contributed by atoms with van der Waals surface area (Å²) in [6.45, 7) is 0. The normalized spacial score (nSPS) is 11.6. The number of nitrogens with zero attached hydrogens (tertiary/aromatic N) is 3. The smallest absolute Gasteiger partial charge is 0.176 e. The molecule has 5 aromatic rings. The largest absolute Gasteiger partial charge is 0.259 e. The Morgan fingerprint density at radius 1 is 0.704 bits per heavy atom. The molecule has 0 aliphatic heterocycles. The number of nitrogens with one attached hydrogen (secondary N) is 1. The van der Waals surface area contributed by atoms with Crippen LogP contribution < -0.4 is 5.43 Å².